The van der Waals surface area contributed by atoms with Crippen molar-refractivity contribution in [3.05, 3.63) is 29.8 Å². The van der Waals surface area contributed by atoms with Crippen LogP contribution in [0.3, 0.4) is 0 Å². The number of carboxylic acid groups (broad SMARTS) is 1. The minimum atomic E-state index is -0.852. The summed E-state index contributed by atoms with van der Waals surface area (Å²) in [6.07, 6.45) is 0.789. The molecule has 17 heavy (non-hydrogen) atoms. The lowest BCUT2D eigenvalue weighted by Gasteiger charge is -2.10. The van der Waals surface area contributed by atoms with Crippen LogP contribution in [0.4, 0.5) is 0 Å². The molecule has 0 aliphatic heterocycles. The van der Waals surface area contributed by atoms with Gasteiger partial charge in [0.05, 0.1) is 13.0 Å². The normalized spacial score (nSPS) is 10.2. The molecule has 0 bridgehead atoms. The molecular weight excluding hydrogens is 220 g/mol. The fourth-order valence-electron chi connectivity index (χ4n) is 1.44. The second kappa shape index (κ2) is 7.68. The van der Waals surface area contributed by atoms with Crippen molar-refractivity contribution >= 4 is 5.97 Å². The van der Waals surface area contributed by atoms with E-state index >= 15 is 0 Å². The SMILES string of the molecule is CCOCCCOc1ccccc1CC(=O)O. The van der Waals surface area contributed by atoms with Crippen LogP contribution in [-0.4, -0.2) is 30.9 Å². The standard InChI is InChI=1S/C13H18O4/c1-2-16-8-5-9-17-12-7-4-3-6-11(12)10-13(14)15/h3-4,6-7H,2,5,8-10H2,1H3,(H,14,15). The van der Waals surface area contributed by atoms with Gasteiger partial charge in [0.25, 0.3) is 0 Å². The highest BCUT2D eigenvalue weighted by molar-refractivity contribution is 5.71. The van der Waals surface area contributed by atoms with Crippen molar-refractivity contribution in [1.82, 2.24) is 0 Å². The third-order valence-electron chi connectivity index (χ3n) is 2.21. The van der Waals surface area contributed by atoms with Crippen molar-refractivity contribution in [2.45, 2.75) is 19.8 Å². The topological polar surface area (TPSA) is 55.8 Å². The van der Waals surface area contributed by atoms with Gasteiger partial charge in [-0.25, -0.2) is 0 Å². The van der Waals surface area contributed by atoms with Gasteiger partial charge in [-0.3, -0.25) is 4.79 Å². The first-order valence-corrected chi connectivity index (χ1v) is 5.74. The quantitative estimate of drug-likeness (QED) is 0.705. The maximum Gasteiger partial charge on any atom is 0.307 e. The van der Waals surface area contributed by atoms with E-state index in [9.17, 15) is 4.79 Å². The van der Waals surface area contributed by atoms with Crippen LogP contribution in [0.1, 0.15) is 18.9 Å². The Kier molecular flexibility index (Phi) is 6.10. The Morgan fingerprint density at radius 2 is 2.06 bits per heavy atom. The first-order valence-electron chi connectivity index (χ1n) is 5.74. The molecule has 0 fully saturated rings. The average molecular weight is 238 g/mol. The number of para-hydroxylation sites is 1. The van der Waals surface area contributed by atoms with Crippen LogP contribution in [0.2, 0.25) is 0 Å². The fourth-order valence-corrected chi connectivity index (χ4v) is 1.44. The zero-order valence-electron chi connectivity index (χ0n) is 10.0. The Morgan fingerprint density at radius 3 is 2.76 bits per heavy atom. The summed E-state index contributed by atoms with van der Waals surface area (Å²) in [5.41, 5.74) is 0.705. The molecule has 1 aromatic carbocycles. The van der Waals surface area contributed by atoms with E-state index in [1.165, 1.54) is 0 Å². The highest BCUT2D eigenvalue weighted by Gasteiger charge is 2.06. The first-order chi connectivity index (χ1) is 8.24. The van der Waals surface area contributed by atoms with Crippen molar-refractivity contribution in [2.75, 3.05) is 19.8 Å². The number of ether oxygens (including phenoxy) is 2. The first kappa shape index (κ1) is 13.5. The van der Waals surface area contributed by atoms with Gasteiger partial charge in [-0.2, -0.15) is 0 Å². The van der Waals surface area contributed by atoms with Gasteiger partial charge < -0.3 is 14.6 Å². The number of rotatable bonds is 8. The third-order valence-corrected chi connectivity index (χ3v) is 2.21. The molecule has 0 aliphatic carbocycles. The van der Waals surface area contributed by atoms with Crippen LogP contribution in [-0.2, 0) is 16.0 Å². The molecule has 0 heterocycles. The molecule has 0 aromatic heterocycles. The van der Waals surface area contributed by atoms with Crippen molar-refractivity contribution in [2.24, 2.45) is 0 Å². The number of carboxylic acids is 1. The third kappa shape index (κ3) is 5.36. The lowest BCUT2D eigenvalue weighted by molar-refractivity contribution is -0.136. The van der Waals surface area contributed by atoms with Gasteiger partial charge in [-0.05, 0) is 13.0 Å². The van der Waals surface area contributed by atoms with E-state index in [0.717, 1.165) is 6.42 Å². The van der Waals surface area contributed by atoms with E-state index in [1.807, 2.05) is 19.1 Å². The Balaban J connectivity index is 2.43. The summed E-state index contributed by atoms with van der Waals surface area (Å²) in [4.78, 5) is 10.7. The average Bonchev–Trinajstić information content (AvgIpc) is 2.30. The maximum absolute atomic E-state index is 10.7. The summed E-state index contributed by atoms with van der Waals surface area (Å²) >= 11 is 0. The molecule has 1 N–H and O–H groups in total. The van der Waals surface area contributed by atoms with E-state index in [0.29, 0.717) is 31.1 Å². The van der Waals surface area contributed by atoms with Crippen LogP contribution in [0.5, 0.6) is 5.75 Å². The van der Waals surface area contributed by atoms with E-state index < -0.39 is 5.97 Å². The fraction of sp³-hybridized carbons (Fsp3) is 0.462. The van der Waals surface area contributed by atoms with Gasteiger partial charge in [-0.1, -0.05) is 18.2 Å². The van der Waals surface area contributed by atoms with E-state index in [4.69, 9.17) is 14.6 Å². The zero-order valence-corrected chi connectivity index (χ0v) is 10.0. The molecular formula is C13H18O4. The molecule has 0 saturated heterocycles. The molecule has 0 aliphatic rings. The van der Waals surface area contributed by atoms with Crippen molar-refractivity contribution in [1.29, 1.82) is 0 Å². The highest BCUT2D eigenvalue weighted by atomic mass is 16.5. The smallest absolute Gasteiger partial charge is 0.307 e. The second-order valence-corrected chi connectivity index (χ2v) is 3.58. The molecule has 1 rings (SSSR count). The molecule has 0 saturated carbocycles. The van der Waals surface area contributed by atoms with Gasteiger partial charge in [0.15, 0.2) is 0 Å². The van der Waals surface area contributed by atoms with Gasteiger partial charge in [0, 0.05) is 25.2 Å². The highest BCUT2D eigenvalue weighted by Crippen LogP contribution is 2.18. The predicted octanol–water partition coefficient (Wildman–Crippen LogP) is 2.12. The molecule has 0 spiro atoms. The van der Waals surface area contributed by atoms with Crippen molar-refractivity contribution in [3.8, 4) is 5.75 Å². The predicted molar refractivity (Wildman–Crippen MR) is 64.4 cm³/mol. The summed E-state index contributed by atoms with van der Waals surface area (Å²) in [5.74, 6) is -0.207. The summed E-state index contributed by atoms with van der Waals surface area (Å²) in [6.45, 7) is 3.85. The molecule has 0 atom stereocenters. The van der Waals surface area contributed by atoms with Crippen molar-refractivity contribution < 1.29 is 19.4 Å². The minimum absolute atomic E-state index is 0.0123. The summed E-state index contributed by atoms with van der Waals surface area (Å²) < 4.78 is 10.7. The maximum atomic E-state index is 10.7. The Bertz CT molecular complexity index is 349. The molecule has 0 unspecified atom stereocenters. The van der Waals surface area contributed by atoms with E-state index in [1.54, 1.807) is 12.1 Å². The van der Waals surface area contributed by atoms with Gasteiger partial charge in [-0.15, -0.1) is 0 Å². The number of hydrogen-bond donors (Lipinski definition) is 1. The molecule has 94 valence electrons. The largest absolute Gasteiger partial charge is 0.493 e. The van der Waals surface area contributed by atoms with Crippen molar-refractivity contribution in [3.63, 3.8) is 0 Å². The monoisotopic (exact) mass is 238 g/mol. The van der Waals surface area contributed by atoms with E-state index in [-0.39, 0.29) is 6.42 Å². The summed E-state index contributed by atoms with van der Waals surface area (Å²) in [6, 6.07) is 7.21. The zero-order chi connectivity index (χ0) is 12.5. The number of benzene rings is 1. The molecule has 1 aromatic rings. The summed E-state index contributed by atoms with van der Waals surface area (Å²) in [5, 5.41) is 8.76. The molecule has 4 heteroatoms. The lowest BCUT2D eigenvalue weighted by Crippen LogP contribution is -2.06. The van der Waals surface area contributed by atoms with Crippen LogP contribution < -0.4 is 4.74 Å². The molecule has 0 amide bonds. The Hall–Kier alpha value is -1.55. The Labute approximate surface area is 101 Å². The Morgan fingerprint density at radius 1 is 1.29 bits per heavy atom. The van der Waals surface area contributed by atoms with Gasteiger partial charge in [0.2, 0.25) is 0 Å². The lowest BCUT2D eigenvalue weighted by atomic mass is 10.1. The number of aliphatic carboxylic acids is 1. The van der Waals surface area contributed by atoms with Crippen LogP contribution in [0.25, 0.3) is 0 Å². The second-order valence-electron chi connectivity index (χ2n) is 3.58. The van der Waals surface area contributed by atoms with Crippen LogP contribution in [0, 0.1) is 0 Å². The molecule has 4 nitrogen and oxygen atoms in total. The molecule has 0 radical (unpaired) electrons. The van der Waals surface area contributed by atoms with Crippen LogP contribution in [0.15, 0.2) is 24.3 Å². The van der Waals surface area contributed by atoms with Crippen LogP contribution >= 0.6 is 0 Å². The summed E-state index contributed by atoms with van der Waals surface area (Å²) in [7, 11) is 0. The minimum Gasteiger partial charge on any atom is -0.493 e. The van der Waals surface area contributed by atoms with Gasteiger partial charge >= 0.3 is 5.97 Å². The number of hydrogen-bond acceptors (Lipinski definition) is 3. The van der Waals surface area contributed by atoms with E-state index in [2.05, 4.69) is 0 Å². The van der Waals surface area contributed by atoms with Gasteiger partial charge in [0.1, 0.15) is 5.75 Å². The number of carbonyl (C=O) groups is 1.